The number of nitrogens with one attached hydrogen (secondary N) is 1. The molecule has 4 rings (SSSR count). The monoisotopic (exact) mass is 435 g/mol. The standard InChI is InChI=1S/C24H29N5O3/c1-14-10-19(25-22-17(14)8-7-9-18(22)32-6)29-20(11-15(2)27-29)26-23(31)16-12-21(30)28(13-16)24(3,4)5/h7-11,16H,12-13H2,1-6H3,(H,26,31). The number of aryl methyl sites for hydroxylation is 2. The van der Waals surface area contributed by atoms with E-state index in [-0.39, 0.29) is 23.8 Å². The number of para-hydroxylation sites is 1. The zero-order valence-corrected chi connectivity index (χ0v) is 19.4. The Morgan fingerprint density at radius 1 is 1.22 bits per heavy atom. The highest BCUT2D eigenvalue weighted by atomic mass is 16.5. The lowest BCUT2D eigenvalue weighted by atomic mass is 10.1. The number of ether oxygens (including phenoxy) is 1. The molecule has 1 unspecified atom stereocenters. The van der Waals surface area contributed by atoms with Crippen molar-refractivity contribution in [3.63, 3.8) is 0 Å². The third-order valence-electron chi connectivity index (χ3n) is 5.82. The molecule has 168 valence electrons. The van der Waals surface area contributed by atoms with Gasteiger partial charge in [0, 0.05) is 30.0 Å². The molecule has 0 radical (unpaired) electrons. The van der Waals surface area contributed by atoms with Gasteiger partial charge in [0.1, 0.15) is 17.1 Å². The maximum atomic E-state index is 13.0. The van der Waals surface area contributed by atoms with Crippen LogP contribution in [0.1, 0.15) is 38.4 Å². The number of methoxy groups -OCH3 is 1. The van der Waals surface area contributed by atoms with Gasteiger partial charge in [0.25, 0.3) is 0 Å². The SMILES string of the molecule is COc1cccc2c(C)cc(-n3nc(C)cc3NC(=O)C3CC(=O)N(C(C)(C)C)C3)nc12. The maximum Gasteiger partial charge on any atom is 0.230 e. The summed E-state index contributed by atoms with van der Waals surface area (Å²) in [4.78, 5) is 32.0. The molecule has 2 aromatic heterocycles. The first-order valence-electron chi connectivity index (χ1n) is 10.7. The first kappa shape index (κ1) is 21.8. The van der Waals surface area contributed by atoms with Gasteiger partial charge in [0.05, 0.1) is 18.7 Å². The summed E-state index contributed by atoms with van der Waals surface area (Å²) in [6, 6.07) is 9.54. The number of likely N-dealkylation sites (tertiary alicyclic amines) is 1. The van der Waals surface area contributed by atoms with E-state index in [4.69, 9.17) is 9.72 Å². The van der Waals surface area contributed by atoms with Crippen molar-refractivity contribution in [2.45, 2.75) is 46.6 Å². The average molecular weight is 436 g/mol. The molecule has 3 aromatic rings. The Morgan fingerprint density at radius 2 is 1.97 bits per heavy atom. The van der Waals surface area contributed by atoms with Crippen LogP contribution in [0.2, 0.25) is 0 Å². The van der Waals surface area contributed by atoms with E-state index in [0.717, 1.165) is 22.2 Å². The molecule has 32 heavy (non-hydrogen) atoms. The number of fused-ring (bicyclic) bond motifs is 1. The van der Waals surface area contributed by atoms with E-state index < -0.39 is 5.92 Å². The topological polar surface area (TPSA) is 89.3 Å². The van der Waals surface area contributed by atoms with Gasteiger partial charge < -0.3 is 15.0 Å². The van der Waals surface area contributed by atoms with Crippen LogP contribution in [0.5, 0.6) is 5.75 Å². The molecule has 1 N–H and O–H groups in total. The normalized spacial score (nSPS) is 16.6. The molecule has 1 aliphatic heterocycles. The molecule has 0 saturated carbocycles. The lowest BCUT2D eigenvalue weighted by Crippen LogP contribution is -2.42. The summed E-state index contributed by atoms with van der Waals surface area (Å²) in [7, 11) is 1.62. The van der Waals surface area contributed by atoms with Crippen molar-refractivity contribution in [2.75, 3.05) is 19.0 Å². The molecular formula is C24H29N5O3. The smallest absolute Gasteiger partial charge is 0.230 e. The predicted octanol–water partition coefficient (Wildman–Crippen LogP) is 3.63. The summed E-state index contributed by atoms with van der Waals surface area (Å²) in [5, 5.41) is 8.52. The fourth-order valence-electron chi connectivity index (χ4n) is 4.17. The second-order valence-electron chi connectivity index (χ2n) is 9.30. The van der Waals surface area contributed by atoms with Crippen LogP contribution in [0.4, 0.5) is 5.82 Å². The number of carbonyl (C=O) groups is 2. The van der Waals surface area contributed by atoms with Crippen molar-refractivity contribution in [2.24, 2.45) is 5.92 Å². The van der Waals surface area contributed by atoms with E-state index in [1.54, 1.807) is 22.8 Å². The van der Waals surface area contributed by atoms with E-state index in [1.807, 2.05) is 58.9 Å². The lowest BCUT2D eigenvalue weighted by Gasteiger charge is -2.31. The molecule has 2 amide bonds. The Balaban J connectivity index is 1.66. The Kier molecular flexibility index (Phi) is 5.40. The van der Waals surface area contributed by atoms with Crippen LogP contribution in [-0.4, -0.2) is 50.7 Å². The molecule has 1 aromatic carbocycles. The number of carbonyl (C=O) groups excluding carboxylic acids is 2. The highest BCUT2D eigenvalue weighted by Crippen LogP contribution is 2.30. The van der Waals surface area contributed by atoms with Crippen LogP contribution >= 0.6 is 0 Å². The summed E-state index contributed by atoms with van der Waals surface area (Å²) in [6.07, 6.45) is 0.209. The minimum absolute atomic E-state index is 0.00116. The predicted molar refractivity (Wildman–Crippen MR) is 123 cm³/mol. The number of anilines is 1. The van der Waals surface area contributed by atoms with E-state index in [2.05, 4.69) is 10.4 Å². The van der Waals surface area contributed by atoms with E-state index in [0.29, 0.717) is 23.9 Å². The van der Waals surface area contributed by atoms with Crippen molar-refractivity contribution in [1.29, 1.82) is 0 Å². The zero-order chi connectivity index (χ0) is 23.2. The number of rotatable bonds is 4. The summed E-state index contributed by atoms with van der Waals surface area (Å²) in [5.41, 5.74) is 2.20. The van der Waals surface area contributed by atoms with E-state index >= 15 is 0 Å². The van der Waals surface area contributed by atoms with Crippen molar-refractivity contribution in [1.82, 2.24) is 19.7 Å². The molecule has 1 aliphatic rings. The highest BCUT2D eigenvalue weighted by Gasteiger charge is 2.39. The highest BCUT2D eigenvalue weighted by molar-refractivity contribution is 5.97. The Bertz CT molecular complexity index is 1210. The number of hydrogen-bond acceptors (Lipinski definition) is 5. The Hall–Kier alpha value is -3.42. The van der Waals surface area contributed by atoms with Crippen LogP contribution in [0.15, 0.2) is 30.3 Å². The first-order valence-corrected chi connectivity index (χ1v) is 10.7. The fourth-order valence-corrected chi connectivity index (χ4v) is 4.17. The number of nitrogens with zero attached hydrogens (tertiary/aromatic N) is 4. The van der Waals surface area contributed by atoms with Crippen molar-refractivity contribution in [3.05, 3.63) is 41.6 Å². The molecule has 0 aliphatic carbocycles. The van der Waals surface area contributed by atoms with Crippen LogP contribution in [0.25, 0.3) is 16.7 Å². The average Bonchev–Trinajstić information content (AvgIpc) is 3.30. The third-order valence-corrected chi connectivity index (χ3v) is 5.82. The van der Waals surface area contributed by atoms with Gasteiger partial charge in [-0.25, -0.2) is 4.98 Å². The molecule has 8 nitrogen and oxygen atoms in total. The molecule has 3 heterocycles. The largest absolute Gasteiger partial charge is 0.494 e. The molecule has 1 saturated heterocycles. The van der Waals surface area contributed by atoms with Gasteiger partial charge in [0.15, 0.2) is 5.82 Å². The van der Waals surface area contributed by atoms with Gasteiger partial charge in [-0.05, 0) is 52.3 Å². The number of amides is 2. The maximum absolute atomic E-state index is 13.0. The molecule has 0 bridgehead atoms. The number of hydrogen-bond donors (Lipinski definition) is 1. The lowest BCUT2D eigenvalue weighted by molar-refractivity contribution is -0.131. The number of pyridine rings is 1. The number of aromatic nitrogens is 3. The second-order valence-corrected chi connectivity index (χ2v) is 9.30. The Labute approximate surface area is 187 Å². The van der Waals surface area contributed by atoms with Gasteiger partial charge in [0.2, 0.25) is 11.8 Å². The van der Waals surface area contributed by atoms with Crippen molar-refractivity contribution in [3.8, 4) is 11.6 Å². The minimum atomic E-state index is -0.406. The van der Waals surface area contributed by atoms with E-state index in [9.17, 15) is 9.59 Å². The van der Waals surface area contributed by atoms with Gasteiger partial charge in [-0.15, -0.1) is 0 Å². The zero-order valence-electron chi connectivity index (χ0n) is 19.4. The van der Waals surface area contributed by atoms with Crippen LogP contribution in [0, 0.1) is 19.8 Å². The molecular weight excluding hydrogens is 406 g/mol. The van der Waals surface area contributed by atoms with Gasteiger partial charge in [-0.2, -0.15) is 9.78 Å². The minimum Gasteiger partial charge on any atom is -0.494 e. The summed E-state index contributed by atoms with van der Waals surface area (Å²) in [5.74, 6) is 1.19. The molecule has 1 atom stereocenters. The summed E-state index contributed by atoms with van der Waals surface area (Å²) < 4.78 is 7.12. The summed E-state index contributed by atoms with van der Waals surface area (Å²) in [6.45, 7) is 10.2. The van der Waals surface area contributed by atoms with Gasteiger partial charge in [-0.1, -0.05) is 12.1 Å². The molecule has 8 heteroatoms. The fraction of sp³-hybridized carbons (Fsp3) is 0.417. The quantitative estimate of drug-likeness (QED) is 0.676. The Morgan fingerprint density at radius 3 is 2.62 bits per heavy atom. The van der Waals surface area contributed by atoms with Crippen molar-refractivity contribution < 1.29 is 14.3 Å². The second kappa shape index (κ2) is 7.93. The summed E-state index contributed by atoms with van der Waals surface area (Å²) >= 11 is 0. The van der Waals surface area contributed by atoms with Gasteiger partial charge >= 0.3 is 0 Å². The van der Waals surface area contributed by atoms with Crippen molar-refractivity contribution >= 4 is 28.5 Å². The van der Waals surface area contributed by atoms with E-state index in [1.165, 1.54) is 0 Å². The van der Waals surface area contributed by atoms with Crippen LogP contribution < -0.4 is 10.1 Å². The van der Waals surface area contributed by atoms with Gasteiger partial charge in [-0.3, -0.25) is 9.59 Å². The van der Waals surface area contributed by atoms with Crippen LogP contribution in [0.3, 0.4) is 0 Å². The molecule has 0 spiro atoms. The number of benzene rings is 1. The van der Waals surface area contributed by atoms with Crippen LogP contribution in [-0.2, 0) is 9.59 Å². The first-order chi connectivity index (χ1) is 15.1. The third kappa shape index (κ3) is 3.92. The molecule has 1 fully saturated rings.